The van der Waals surface area contributed by atoms with Crippen molar-refractivity contribution in [1.82, 2.24) is 9.55 Å². The molecular formula is C9H12N4O6. The maximum Gasteiger partial charge on any atom is 0.352 e. The van der Waals surface area contributed by atoms with E-state index in [1.807, 2.05) is 0 Å². The molecular weight excluding hydrogens is 260 g/mol. The van der Waals surface area contributed by atoms with Crippen LogP contribution in [0.25, 0.3) is 0 Å². The van der Waals surface area contributed by atoms with Crippen LogP contribution in [0, 0.1) is 10.1 Å². The Morgan fingerprint density at radius 3 is 2.89 bits per heavy atom. The lowest BCUT2D eigenvalue weighted by atomic mass is 10.2. The summed E-state index contributed by atoms with van der Waals surface area (Å²) in [5, 5.41) is 29.2. The minimum atomic E-state index is -0.960. The van der Waals surface area contributed by atoms with Crippen LogP contribution in [0.1, 0.15) is 12.6 Å². The van der Waals surface area contributed by atoms with E-state index in [1.165, 1.54) is 0 Å². The van der Waals surface area contributed by atoms with Gasteiger partial charge in [-0.1, -0.05) is 0 Å². The predicted octanol–water partition coefficient (Wildman–Crippen LogP) is -1.63. The zero-order chi connectivity index (χ0) is 14.2. The van der Waals surface area contributed by atoms with Gasteiger partial charge in [-0.05, 0) is 0 Å². The number of nitro groups is 1. The van der Waals surface area contributed by atoms with Crippen LogP contribution in [-0.2, 0) is 4.74 Å². The molecule has 2 rings (SSSR count). The Hall–Kier alpha value is -2.04. The molecule has 0 aliphatic carbocycles. The largest absolute Gasteiger partial charge is 0.394 e. The summed E-state index contributed by atoms with van der Waals surface area (Å²) in [7, 11) is 0. The van der Waals surface area contributed by atoms with Crippen LogP contribution in [0.5, 0.6) is 0 Å². The summed E-state index contributed by atoms with van der Waals surface area (Å²) in [6, 6.07) is 0. The van der Waals surface area contributed by atoms with Gasteiger partial charge in [0.25, 0.3) is 0 Å². The number of anilines is 1. The van der Waals surface area contributed by atoms with Crippen molar-refractivity contribution >= 4 is 11.5 Å². The van der Waals surface area contributed by atoms with Gasteiger partial charge in [0.2, 0.25) is 5.82 Å². The molecule has 1 aromatic heterocycles. The third-order valence-electron chi connectivity index (χ3n) is 2.85. The molecule has 104 valence electrons. The minimum Gasteiger partial charge on any atom is -0.394 e. The third-order valence-corrected chi connectivity index (χ3v) is 2.85. The summed E-state index contributed by atoms with van der Waals surface area (Å²) in [6.07, 6.45) is -1.78. The highest BCUT2D eigenvalue weighted by molar-refractivity contribution is 5.49. The van der Waals surface area contributed by atoms with Crippen LogP contribution in [0.4, 0.5) is 11.5 Å². The summed E-state index contributed by atoms with van der Waals surface area (Å²) >= 11 is 0. The van der Waals surface area contributed by atoms with Gasteiger partial charge < -0.3 is 20.7 Å². The number of hydrogen-bond acceptors (Lipinski definition) is 8. The molecule has 0 bridgehead atoms. The van der Waals surface area contributed by atoms with Crippen molar-refractivity contribution in [2.24, 2.45) is 0 Å². The normalized spacial score (nSPS) is 26.5. The number of nitrogen functional groups attached to an aromatic ring is 1. The van der Waals surface area contributed by atoms with Crippen LogP contribution in [0.15, 0.2) is 11.0 Å². The highest BCUT2D eigenvalue weighted by Crippen LogP contribution is 2.28. The van der Waals surface area contributed by atoms with Gasteiger partial charge >= 0.3 is 11.4 Å². The number of nitrogens with two attached hydrogens (primary N) is 1. The molecule has 0 radical (unpaired) electrons. The number of nitrogens with zero attached hydrogens (tertiary/aromatic N) is 3. The molecule has 2 heterocycles. The lowest BCUT2D eigenvalue weighted by Crippen LogP contribution is -2.28. The number of aromatic nitrogens is 2. The molecule has 1 aliphatic heterocycles. The first-order valence-electron chi connectivity index (χ1n) is 5.41. The average Bonchev–Trinajstić information content (AvgIpc) is 2.69. The standard InChI is InChI=1S/C9H12N4O6/c10-8-4(13(17)18)2-12(9(16)11-8)7-1-5(15)6(3-14)19-7/h2,5-7,14-15H,1,3H2,(H2,10,11,16)/t5-,6+,7?/m0/s1. The first-order valence-corrected chi connectivity index (χ1v) is 5.41. The molecule has 1 unspecified atom stereocenters. The smallest absolute Gasteiger partial charge is 0.352 e. The maximum absolute atomic E-state index is 11.6. The van der Waals surface area contributed by atoms with E-state index in [4.69, 9.17) is 15.6 Å². The number of aliphatic hydroxyl groups excluding tert-OH is 2. The molecule has 1 saturated heterocycles. The first kappa shape index (κ1) is 13.4. The Morgan fingerprint density at radius 1 is 1.68 bits per heavy atom. The van der Waals surface area contributed by atoms with Gasteiger partial charge in [0, 0.05) is 6.42 Å². The van der Waals surface area contributed by atoms with E-state index in [9.17, 15) is 20.0 Å². The summed E-state index contributed by atoms with van der Waals surface area (Å²) in [4.78, 5) is 24.9. The van der Waals surface area contributed by atoms with E-state index in [0.29, 0.717) is 0 Å². The van der Waals surface area contributed by atoms with Crippen molar-refractivity contribution in [2.45, 2.75) is 24.9 Å². The summed E-state index contributed by atoms with van der Waals surface area (Å²) in [5.74, 6) is -0.483. The Bertz CT molecular complexity index is 558. The molecule has 10 nitrogen and oxygen atoms in total. The Balaban J connectivity index is 2.38. The predicted molar refractivity (Wildman–Crippen MR) is 61.2 cm³/mol. The van der Waals surface area contributed by atoms with Crippen LogP contribution in [0.2, 0.25) is 0 Å². The monoisotopic (exact) mass is 272 g/mol. The quantitative estimate of drug-likeness (QED) is 0.438. The SMILES string of the molecule is Nc1nc(=O)n(C2C[C@H](O)[C@@H](CO)O2)cc1[N+](=O)[O-]. The van der Waals surface area contributed by atoms with E-state index < -0.39 is 47.2 Å². The fraction of sp³-hybridized carbons (Fsp3) is 0.556. The number of rotatable bonds is 3. The highest BCUT2D eigenvalue weighted by atomic mass is 16.6. The molecule has 10 heteroatoms. The summed E-state index contributed by atoms with van der Waals surface area (Å²) < 4.78 is 6.11. The van der Waals surface area contributed by atoms with E-state index in [1.54, 1.807) is 0 Å². The lowest BCUT2D eigenvalue weighted by molar-refractivity contribution is -0.384. The second-order valence-electron chi connectivity index (χ2n) is 4.07. The molecule has 1 fully saturated rings. The van der Waals surface area contributed by atoms with Crippen molar-refractivity contribution in [3.63, 3.8) is 0 Å². The van der Waals surface area contributed by atoms with Crippen LogP contribution >= 0.6 is 0 Å². The molecule has 19 heavy (non-hydrogen) atoms. The highest BCUT2D eigenvalue weighted by Gasteiger charge is 2.35. The fourth-order valence-electron chi connectivity index (χ4n) is 1.87. The van der Waals surface area contributed by atoms with E-state index >= 15 is 0 Å². The number of aliphatic hydroxyl groups is 2. The van der Waals surface area contributed by atoms with Gasteiger partial charge in [-0.3, -0.25) is 14.7 Å². The first-order chi connectivity index (χ1) is 8.93. The van der Waals surface area contributed by atoms with Crippen LogP contribution < -0.4 is 11.4 Å². The van der Waals surface area contributed by atoms with Gasteiger partial charge in [-0.2, -0.15) is 4.98 Å². The van der Waals surface area contributed by atoms with Crippen molar-refractivity contribution in [2.75, 3.05) is 12.3 Å². The fourth-order valence-corrected chi connectivity index (χ4v) is 1.87. The van der Waals surface area contributed by atoms with Crippen molar-refractivity contribution in [1.29, 1.82) is 0 Å². The molecule has 1 aliphatic rings. The maximum atomic E-state index is 11.6. The van der Waals surface area contributed by atoms with Crippen molar-refractivity contribution in [3.8, 4) is 0 Å². The van der Waals surface area contributed by atoms with E-state index in [-0.39, 0.29) is 6.42 Å². The molecule has 4 N–H and O–H groups in total. The van der Waals surface area contributed by atoms with Gasteiger partial charge in [-0.25, -0.2) is 4.79 Å². The molecule has 0 aromatic carbocycles. The topological polar surface area (TPSA) is 154 Å². The van der Waals surface area contributed by atoms with Crippen molar-refractivity contribution in [3.05, 3.63) is 26.8 Å². The Kier molecular flexibility index (Phi) is 3.46. The Labute approximate surface area is 106 Å². The third kappa shape index (κ3) is 2.41. The van der Waals surface area contributed by atoms with Gasteiger partial charge in [0.1, 0.15) is 12.3 Å². The van der Waals surface area contributed by atoms with Gasteiger partial charge in [0.15, 0.2) is 0 Å². The van der Waals surface area contributed by atoms with Crippen LogP contribution in [0.3, 0.4) is 0 Å². The van der Waals surface area contributed by atoms with E-state index in [2.05, 4.69) is 4.98 Å². The van der Waals surface area contributed by atoms with Crippen molar-refractivity contribution < 1.29 is 19.9 Å². The molecule has 0 amide bonds. The number of ether oxygens (including phenoxy) is 1. The zero-order valence-electron chi connectivity index (χ0n) is 9.67. The zero-order valence-corrected chi connectivity index (χ0v) is 9.67. The van der Waals surface area contributed by atoms with Gasteiger partial charge in [-0.15, -0.1) is 0 Å². The lowest BCUT2D eigenvalue weighted by Gasteiger charge is -2.14. The molecule has 1 aromatic rings. The Morgan fingerprint density at radius 2 is 2.37 bits per heavy atom. The molecule has 3 atom stereocenters. The second kappa shape index (κ2) is 4.91. The minimum absolute atomic E-state index is 0.0217. The summed E-state index contributed by atoms with van der Waals surface area (Å²) in [6.45, 7) is -0.420. The molecule has 0 spiro atoms. The van der Waals surface area contributed by atoms with Gasteiger partial charge in [0.05, 0.1) is 23.8 Å². The van der Waals surface area contributed by atoms with E-state index in [0.717, 1.165) is 10.8 Å². The van der Waals surface area contributed by atoms with Crippen LogP contribution in [-0.4, -0.2) is 43.5 Å². The summed E-state index contributed by atoms with van der Waals surface area (Å²) in [5.41, 5.74) is 3.93. The number of hydrogen-bond donors (Lipinski definition) is 3. The average molecular weight is 272 g/mol. The molecule has 0 saturated carbocycles. The second-order valence-corrected chi connectivity index (χ2v) is 4.07.